The average molecular weight is 266 g/mol. The lowest BCUT2D eigenvalue weighted by Crippen LogP contribution is -2.32. The van der Waals surface area contributed by atoms with Crippen LogP contribution in [0.15, 0.2) is 23.2 Å². The van der Waals surface area contributed by atoms with Crippen LogP contribution < -0.4 is 11.1 Å². The van der Waals surface area contributed by atoms with Crippen LogP contribution in [0, 0.1) is 0 Å². The summed E-state index contributed by atoms with van der Waals surface area (Å²) >= 11 is 5.61. The Balaban J connectivity index is 2.46. The molecule has 0 radical (unpaired) electrons. The summed E-state index contributed by atoms with van der Waals surface area (Å²) in [5.41, 5.74) is 8.11. The molecule has 0 aromatic heterocycles. The van der Waals surface area contributed by atoms with E-state index >= 15 is 0 Å². The number of rotatable bonds is 2. The lowest BCUT2D eigenvalue weighted by Gasteiger charge is -2.32. The summed E-state index contributed by atoms with van der Waals surface area (Å²) in [7, 11) is 0. The van der Waals surface area contributed by atoms with E-state index in [9.17, 15) is 4.79 Å². The molecule has 0 fully saturated rings. The minimum Gasteiger partial charge on any atom is -0.386 e. The van der Waals surface area contributed by atoms with Crippen molar-refractivity contribution in [3.8, 4) is 0 Å². The van der Waals surface area contributed by atoms with E-state index in [1.165, 1.54) is 0 Å². The predicted octanol–water partition coefficient (Wildman–Crippen LogP) is 2.53. The number of nitrogens with zero attached hydrogens (tertiary/aromatic N) is 1. The number of aliphatic imine (C=N–C) groups is 1. The highest BCUT2D eigenvalue weighted by Gasteiger charge is 2.31. The van der Waals surface area contributed by atoms with Gasteiger partial charge in [-0.3, -0.25) is 4.79 Å². The number of alkyl halides is 1. The fourth-order valence-corrected chi connectivity index (χ4v) is 2.22. The normalized spacial score (nSPS) is 18.2. The zero-order chi connectivity index (χ0) is 13.3. The molecule has 2 rings (SSSR count). The quantitative estimate of drug-likeness (QED) is 0.490. The molecular weight excluding hydrogens is 250 g/mol. The number of anilines is 1. The number of carbonyl (C=O) groups excluding carboxylic acids is 1. The van der Waals surface area contributed by atoms with Gasteiger partial charge in [-0.05, 0) is 23.8 Å². The number of carbonyl (C=O) groups is 1. The summed E-state index contributed by atoms with van der Waals surface area (Å²) in [6, 6.07) is 5.63. The number of nitrogens with two attached hydrogens (primary N) is 1. The first kappa shape index (κ1) is 12.9. The Kier molecular flexibility index (Phi) is 3.30. The molecule has 1 aliphatic rings. The molecule has 0 bridgehead atoms. The van der Waals surface area contributed by atoms with E-state index in [1.54, 1.807) is 0 Å². The maximum absolute atomic E-state index is 11.6. The van der Waals surface area contributed by atoms with Crippen LogP contribution in [0.2, 0.25) is 0 Å². The fraction of sp³-hybridized carbons (Fsp3) is 0.385. The van der Waals surface area contributed by atoms with Crippen LogP contribution in [0.4, 0.5) is 11.4 Å². The molecule has 0 saturated heterocycles. The Hall–Kier alpha value is -1.55. The number of hydrogen-bond acceptors (Lipinski definition) is 2. The van der Waals surface area contributed by atoms with Gasteiger partial charge in [0.2, 0.25) is 5.91 Å². The fourth-order valence-electron chi connectivity index (χ4n) is 2.16. The lowest BCUT2D eigenvalue weighted by atomic mass is 9.78. The summed E-state index contributed by atoms with van der Waals surface area (Å²) < 4.78 is 0. The maximum Gasteiger partial charge on any atom is 0.225 e. The molecule has 0 atom stereocenters. The molecule has 1 aliphatic heterocycles. The van der Waals surface area contributed by atoms with Crippen LogP contribution in [0.1, 0.15) is 25.8 Å². The van der Waals surface area contributed by atoms with E-state index in [1.807, 2.05) is 32.0 Å². The van der Waals surface area contributed by atoms with Gasteiger partial charge in [0, 0.05) is 17.5 Å². The molecular formula is C13H16ClN3O. The number of amidine groups is 1. The molecule has 96 valence electrons. The Bertz CT molecular complexity index is 523. The summed E-state index contributed by atoms with van der Waals surface area (Å²) in [5.74, 6) is 0.635. The molecule has 1 aromatic carbocycles. The van der Waals surface area contributed by atoms with Gasteiger partial charge < -0.3 is 11.1 Å². The second-order valence-corrected chi connectivity index (χ2v) is 5.34. The van der Waals surface area contributed by atoms with E-state index in [0.29, 0.717) is 12.3 Å². The van der Waals surface area contributed by atoms with Crippen LogP contribution in [0.5, 0.6) is 0 Å². The van der Waals surface area contributed by atoms with Crippen molar-refractivity contribution in [1.82, 2.24) is 0 Å². The van der Waals surface area contributed by atoms with E-state index < -0.39 is 0 Å². The van der Waals surface area contributed by atoms with Crippen molar-refractivity contribution in [1.29, 1.82) is 0 Å². The van der Waals surface area contributed by atoms with Gasteiger partial charge in [-0.15, -0.1) is 11.6 Å². The van der Waals surface area contributed by atoms with Crippen molar-refractivity contribution >= 4 is 34.7 Å². The minimum absolute atomic E-state index is 0.0454. The van der Waals surface area contributed by atoms with Crippen LogP contribution in [0.3, 0.4) is 0 Å². The zero-order valence-electron chi connectivity index (χ0n) is 10.5. The highest BCUT2D eigenvalue weighted by Crippen LogP contribution is 2.38. The molecule has 1 aromatic rings. The minimum atomic E-state index is -0.196. The van der Waals surface area contributed by atoms with E-state index in [2.05, 4.69) is 10.3 Å². The van der Waals surface area contributed by atoms with Gasteiger partial charge in [0.05, 0.1) is 11.6 Å². The third-order valence-corrected chi connectivity index (χ3v) is 3.29. The molecule has 0 spiro atoms. The molecule has 1 heterocycles. The van der Waals surface area contributed by atoms with Crippen LogP contribution in [-0.2, 0) is 10.2 Å². The van der Waals surface area contributed by atoms with Gasteiger partial charge in [-0.2, -0.15) is 0 Å². The van der Waals surface area contributed by atoms with Crippen molar-refractivity contribution in [3.05, 3.63) is 23.8 Å². The Morgan fingerprint density at radius 3 is 2.94 bits per heavy atom. The summed E-state index contributed by atoms with van der Waals surface area (Å²) in [5, 5.41) is 2.87. The van der Waals surface area contributed by atoms with Crippen molar-refractivity contribution < 1.29 is 4.79 Å². The first-order valence-corrected chi connectivity index (χ1v) is 6.29. The highest BCUT2D eigenvalue weighted by atomic mass is 35.5. The lowest BCUT2D eigenvalue weighted by molar-refractivity contribution is -0.117. The zero-order valence-corrected chi connectivity index (χ0v) is 11.2. The Labute approximate surface area is 111 Å². The topological polar surface area (TPSA) is 67.5 Å². The van der Waals surface area contributed by atoms with Crippen LogP contribution >= 0.6 is 11.6 Å². The first-order valence-electron chi connectivity index (χ1n) is 5.76. The van der Waals surface area contributed by atoms with Gasteiger partial charge in [0.25, 0.3) is 0 Å². The Morgan fingerprint density at radius 1 is 1.56 bits per heavy atom. The van der Waals surface area contributed by atoms with E-state index in [-0.39, 0.29) is 17.2 Å². The third kappa shape index (κ3) is 2.48. The number of halogens is 1. The summed E-state index contributed by atoms with van der Waals surface area (Å²) in [4.78, 5) is 15.8. The van der Waals surface area contributed by atoms with Gasteiger partial charge >= 0.3 is 0 Å². The SMILES string of the molecule is CC1(C)CC(=O)Nc2ccc(N=C(N)CCl)cc21. The number of nitrogens with one attached hydrogen (secondary N) is 1. The molecule has 0 unspecified atom stereocenters. The maximum atomic E-state index is 11.6. The molecule has 3 N–H and O–H groups in total. The second kappa shape index (κ2) is 4.61. The summed E-state index contributed by atoms with van der Waals surface area (Å²) in [6.07, 6.45) is 0.470. The molecule has 18 heavy (non-hydrogen) atoms. The van der Waals surface area contributed by atoms with Crippen LogP contribution in [0.25, 0.3) is 0 Å². The smallest absolute Gasteiger partial charge is 0.225 e. The highest BCUT2D eigenvalue weighted by molar-refractivity contribution is 6.28. The number of amides is 1. The standard InChI is InChI=1S/C13H16ClN3O/c1-13(2)6-12(18)17-10-4-3-8(5-9(10)13)16-11(15)7-14/h3-5H,6-7H2,1-2H3,(H2,15,16)(H,17,18). The Morgan fingerprint density at radius 2 is 2.28 bits per heavy atom. The van der Waals surface area contributed by atoms with E-state index in [4.69, 9.17) is 17.3 Å². The molecule has 0 aliphatic carbocycles. The van der Waals surface area contributed by atoms with E-state index in [0.717, 1.165) is 16.9 Å². The van der Waals surface area contributed by atoms with Crippen molar-refractivity contribution in [2.75, 3.05) is 11.2 Å². The molecule has 5 heteroatoms. The van der Waals surface area contributed by atoms with Gasteiger partial charge in [-0.1, -0.05) is 13.8 Å². The van der Waals surface area contributed by atoms with Crippen molar-refractivity contribution in [3.63, 3.8) is 0 Å². The van der Waals surface area contributed by atoms with Gasteiger partial charge in [-0.25, -0.2) is 4.99 Å². The third-order valence-electron chi connectivity index (χ3n) is 3.02. The number of fused-ring (bicyclic) bond motifs is 1. The monoisotopic (exact) mass is 265 g/mol. The average Bonchev–Trinajstić information content (AvgIpc) is 2.29. The van der Waals surface area contributed by atoms with Gasteiger partial charge in [0.15, 0.2) is 0 Å². The molecule has 4 nitrogen and oxygen atoms in total. The second-order valence-electron chi connectivity index (χ2n) is 5.08. The molecule has 1 amide bonds. The number of hydrogen-bond donors (Lipinski definition) is 2. The largest absolute Gasteiger partial charge is 0.386 e. The van der Waals surface area contributed by atoms with Gasteiger partial charge in [0.1, 0.15) is 5.84 Å². The van der Waals surface area contributed by atoms with Crippen LogP contribution in [-0.4, -0.2) is 17.6 Å². The predicted molar refractivity (Wildman–Crippen MR) is 74.7 cm³/mol. The molecule has 0 saturated carbocycles. The van der Waals surface area contributed by atoms with Crippen molar-refractivity contribution in [2.45, 2.75) is 25.7 Å². The number of benzene rings is 1. The first-order chi connectivity index (χ1) is 8.42. The van der Waals surface area contributed by atoms with Crippen molar-refractivity contribution in [2.24, 2.45) is 10.7 Å². The summed E-state index contributed by atoms with van der Waals surface area (Å²) in [6.45, 7) is 4.09.